The van der Waals surface area contributed by atoms with Gasteiger partial charge in [0.1, 0.15) is 6.10 Å². The first-order chi connectivity index (χ1) is 11.7. The van der Waals surface area contributed by atoms with Gasteiger partial charge in [-0.25, -0.2) is 0 Å². The van der Waals surface area contributed by atoms with Crippen LogP contribution in [0.5, 0.6) is 0 Å². The molecule has 0 saturated carbocycles. The van der Waals surface area contributed by atoms with Crippen molar-refractivity contribution < 1.29 is 9.53 Å². The van der Waals surface area contributed by atoms with Crippen LogP contribution >= 0.6 is 0 Å². The minimum atomic E-state index is -0.362. The van der Waals surface area contributed by atoms with Crippen LogP contribution in [0.2, 0.25) is 0 Å². The molecule has 2 fully saturated rings. The molecule has 2 aliphatic heterocycles. The number of likely N-dealkylation sites (tertiary alicyclic amines) is 1. The van der Waals surface area contributed by atoms with Gasteiger partial charge in [0.15, 0.2) is 0 Å². The van der Waals surface area contributed by atoms with Crippen LogP contribution < -0.4 is 10.6 Å². The molecule has 5 heteroatoms. The second-order valence-corrected chi connectivity index (χ2v) is 6.91. The van der Waals surface area contributed by atoms with E-state index in [1.54, 1.807) is 0 Å². The predicted molar refractivity (Wildman–Crippen MR) is 94.6 cm³/mol. The lowest BCUT2D eigenvalue weighted by atomic mass is 10.0. The summed E-state index contributed by atoms with van der Waals surface area (Å²) in [6.07, 6.45) is 3.62. The fourth-order valence-corrected chi connectivity index (χ4v) is 3.43. The summed E-state index contributed by atoms with van der Waals surface area (Å²) in [5.41, 5.74) is 2.47. The van der Waals surface area contributed by atoms with Crippen LogP contribution in [-0.4, -0.2) is 49.2 Å². The molecule has 2 atom stereocenters. The Morgan fingerprint density at radius 3 is 2.79 bits per heavy atom. The second-order valence-electron chi connectivity index (χ2n) is 6.91. The molecule has 132 valence electrons. The number of nitrogens with zero attached hydrogens (tertiary/aromatic N) is 1. The van der Waals surface area contributed by atoms with Crippen molar-refractivity contribution in [3.8, 4) is 0 Å². The minimum absolute atomic E-state index is 0.0339. The molecule has 2 saturated heterocycles. The van der Waals surface area contributed by atoms with Gasteiger partial charge in [-0.15, -0.1) is 0 Å². The van der Waals surface area contributed by atoms with Gasteiger partial charge in [-0.2, -0.15) is 0 Å². The number of rotatable bonds is 5. The average molecular weight is 331 g/mol. The van der Waals surface area contributed by atoms with Crippen molar-refractivity contribution in [3.05, 3.63) is 35.4 Å². The number of nitrogens with one attached hydrogen (secondary N) is 2. The molecule has 1 aromatic rings. The van der Waals surface area contributed by atoms with Gasteiger partial charge in [0.05, 0.1) is 6.61 Å². The molecule has 0 spiro atoms. The highest BCUT2D eigenvalue weighted by atomic mass is 16.5. The van der Waals surface area contributed by atoms with Gasteiger partial charge in [0.25, 0.3) is 5.91 Å². The number of morpholine rings is 1. The van der Waals surface area contributed by atoms with Crippen LogP contribution in [0.4, 0.5) is 0 Å². The van der Waals surface area contributed by atoms with E-state index in [1.165, 1.54) is 31.4 Å². The van der Waals surface area contributed by atoms with Gasteiger partial charge < -0.3 is 15.4 Å². The molecule has 24 heavy (non-hydrogen) atoms. The largest absolute Gasteiger partial charge is 0.366 e. The smallest absolute Gasteiger partial charge is 0.250 e. The van der Waals surface area contributed by atoms with E-state index in [1.807, 2.05) is 0 Å². The maximum atomic E-state index is 12.1. The molecule has 0 aromatic heterocycles. The van der Waals surface area contributed by atoms with Crippen molar-refractivity contribution in [2.24, 2.45) is 0 Å². The van der Waals surface area contributed by atoms with E-state index < -0.39 is 0 Å². The lowest BCUT2D eigenvalue weighted by Crippen LogP contribution is -2.47. The molecule has 3 rings (SSSR count). The van der Waals surface area contributed by atoms with E-state index in [0.29, 0.717) is 25.7 Å². The zero-order valence-corrected chi connectivity index (χ0v) is 14.6. The number of ether oxygens (including phenoxy) is 1. The van der Waals surface area contributed by atoms with Gasteiger partial charge in [-0.1, -0.05) is 30.7 Å². The Hall–Kier alpha value is -1.43. The first-order valence-electron chi connectivity index (χ1n) is 9.14. The zero-order valence-electron chi connectivity index (χ0n) is 14.6. The summed E-state index contributed by atoms with van der Waals surface area (Å²) in [5.74, 6) is -0.0339. The van der Waals surface area contributed by atoms with E-state index in [0.717, 1.165) is 18.7 Å². The summed E-state index contributed by atoms with van der Waals surface area (Å²) in [6, 6.07) is 9.28. The molecule has 2 aliphatic rings. The average Bonchev–Trinajstić information content (AvgIpc) is 2.63. The lowest BCUT2D eigenvalue weighted by molar-refractivity contribution is -0.134. The molecule has 0 radical (unpaired) electrons. The fourth-order valence-electron chi connectivity index (χ4n) is 3.43. The van der Waals surface area contributed by atoms with Crippen LogP contribution in [0.25, 0.3) is 0 Å². The summed E-state index contributed by atoms with van der Waals surface area (Å²) >= 11 is 0. The van der Waals surface area contributed by atoms with Crippen molar-refractivity contribution in [1.29, 1.82) is 0 Å². The van der Waals surface area contributed by atoms with Crippen LogP contribution in [0, 0.1) is 0 Å². The number of carbonyl (C=O) groups is 1. The third-order valence-electron chi connectivity index (χ3n) is 5.04. The first-order valence-corrected chi connectivity index (χ1v) is 9.14. The number of benzene rings is 1. The van der Waals surface area contributed by atoms with Gasteiger partial charge in [0, 0.05) is 32.2 Å². The molecule has 1 aromatic carbocycles. The number of piperidine rings is 1. The van der Waals surface area contributed by atoms with E-state index in [-0.39, 0.29) is 12.0 Å². The molecule has 2 N–H and O–H groups in total. The van der Waals surface area contributed by atoms with Crippen molar-refractivity contribution in [1.82, 2.24) is 15.5 Å². The third-order valence-corrected chi connectivity index (χ3v) is 5.04. The normalized spacial score (nSPS) is 25.4. The highest BCUT2D eigenvalue weighted by molar-refractivity contribution is 5.81. The van der Waals surface area contributed by atoms with Gasteiger partial charge in [-0.05, 0) is 37.4 Å². The summed E-state index contributed by atoms with van der Waals surface area (Å²) in [7, 11) is 0. The third kappa shape index (κ3) is 4.79. The molecular formula is C19H29N3O2. The maximum Gasteiger partial charge on any atom is 0.250 e. The van der Waals surface area contributed by atoms with Gasteiger partial charge in [0.2, 0.25) is 0 Å². The summed E-state index contributed by atoms with van der Waals surface area (Å²) in [6.45, 7) is 7.12. The minimum Gasteiger partial charge on any atom is -0.366 e. The Kier molecular flexibility index (Phi) is 6.24. The fraction of sp³-hybridized carbons (Fsp3) is 0.632. The zero-order chi connectivity index (χ0) is 16.8. The van der Waals surface area contributed by atoms with Crippen molar-refractivity contribution in [2.45, 2.75) is 51.4 Å². The Bertz CT molecular complexity index is 526. The Labute approximate surface area is 144 Å². The number of carbonyl (C=O) groups excluding carboxylic acids is 1. The van der Waals surface area contributed by atoms with E-state index in [9.17, 15) is 4.79 Å². The van der Waals surface area contributed by atoms with E-state index in [2.05, 4.69) is 46.7 Å². The van der Waals surface area contributed by atoms with Gasteiger partial charge >= 0.3 is 0 Å². The monoisotopic (exact) mass is 331 g/mol. The number of hydrogen-bond acceptors (Lipinski definition) is 4. The standard InChI is InChI=1S/C19H29N3O2/c1-15-4-2-3-10-22(15)14-17-7-5-16(6-8-17)12-21-19(23)18-13-20-9-11-24-18/h5-8,15,18,20H,2-4,9-14H2,1H3,(H,21,23). The van der Waals surface area contributed by atoms with Crippen LogP contribution in [0.1, 0.15) is 37.3 Å². The topological polar surface area (TPSA) is 53.6 Å². The van der Waals surface area contributed by atoms with E-state index in [4.69, 9.17) is 4.74 Å². The molecule has 2 unspecified atom stereocenters. The molecular weight excluding hydrogens is 302 g/mol. The molecule has 0 bridgehead atoms. The quantitative estimate of drug-likeness (QED) is 0.862. The molecule has 5 nitrogen and oxygen atoms in total. The Balaban J connectivity index is 1.46. The van der Waals surface area contributed by atoms with Crippen molar-refractivity contribution in [3.63, 3.8) is 0 Å². The maximum absolute atomic E-state index is 12.1. The summed E-state index contributed by atoms with van der Waals surface area (Å²) in [5, 5.41) is 6.14. The van der Waals surface area contributed by atoms with Crippen LogP contribution in [0.15, 0.2) is 24.3 Å². The Morgan fingerprint density at radius 1 is 1.29 bits per heavy atom. The van der Waals surface area contributed by atoms with Crippen LogP contribution in [0.3, 0.4) is 0 Å². The summed E-state index contributed by atoms with van der Waals surface area (Å²) in [4.78, 5) is 14.6. The predicted octanol–water partition coefficient (Wildman–Crippen LogP) is 1.67. The second kappa shape index (κ2) is 8.60. The molecule has 2 heterocycles. The molecule has 1 amide bonds. The van der Waals surface area contributed by atoms with E-state index >= 15 is 0 Å². The summed E-state index contributed by atoms with van der Waals surface area (Å²) < 4.78 is 5.46. The van der Waals surface area contributed by atoms with Crippen molar-refractivity contribution in [2.75, 3.05) is 26.2 Å². The number of hydrogen-bond donors (Lipinski definition) is 2. The highest BCUT2D eigenvalue weighted by Crippen LogP contribution is 2.19. The van der Waals surface area contributed by atoms with Crippen molar-refractivity contribution >= 4 is 5.91 Å². The van der Waals surface area contributed by atoms with Crippen LogP contribution in [-0.2, 0) is 22.6 Å². The van der Waals surface area contributed by atoms with Gasteiger partial charge in [-0.3, -0.25) is 9.69 Å². The first kappa shape index (κ1) is 17.4. The number of amides is 1. The lowest BCUT2D eigenvalue weighted by Gasteiger charge is -2.33. The Morgan fingerprint density at radius 2 is 2.08 bits per heavy atom. The SMILES string of the molecule is CC1CCCCN1Cc1ccc(CNC(=O)C2CNCCO2)cc1. The highest BCUT2D eigenvalue weighted by Gasteiger charge is 2.21. The molecule has 0 aliphatic carbocycles.